The Balaban J connectivity index is 1.69. The van der Waals surface area contributed by atoms with Gasteiger partial charge in [-0.3, -0.25) is 4.79 Å². The van der Waals surface area contributed by atoms with Crippen molar-refractivity contribution in [3.63, 3.8) is 0 Å². The van der Waals surface area contributed by atoms with E-state index in [-0.39, 0.29) is 5.91 Å². The van der Waals surface area contributed by atoms with Gasteiger partial charge >= 0.3 is 0 Å². The number of nitrogens with zero attached hydrogens (tertiary/aromatic N) is 1. The fraction of sp³-hybridized carbons (Fsp3) is 0.286. The lowest BCUT2D eigenvalue weighted by molar-refractivity contribution is 0.0945. The van der Waals surface area contributed by atoms with Gasteiger partial charge in [-0.2, -0.15) is 0 Å². The second-order valence-electron chi connectivity index (χ2n) is 6.44. The lowest BCUT2D eigenvalue weighted by Crippen LogP contribution is -2.28. The normalized spacial score (nSPS) is 10.8. The summed E-state index contributed by atoms with van der Waals surface area (Å²) in [7, 11) is 3.21. The van der Waals surface area contributed by atoms with Crippen molar-refractivity contribution in [3.05, 3.63) is 60.0 Å². The van der Waals surface area contributed by atoms with E-state index in [1.807, 2.05) is 35.8 Å². The van der Waals surface area contributed by atoms with Crippen LogP contribution in [0.25, 0.3) is 11.1 Å². The molecule has 0 unspecified atom stereocenters. The quantitative estimate of drug-likeness (QED) is 0.614. The van der Waals surface area contributed by atoms with Gasteiger partial charge in [0.2, 0.25) is 0 Å². The van der Waals surface area contributed by atoms with Gasteiger partial charge in [-0.05, 0) is 31.0 Å². The fourth-order valence-corrected chi connectivity index (χ4v) is 3.05. The van der Waals surface area contributed by atoms with Crippen LogP contribution < -0.4 is 14.8 Å². The second-order valence-corrected chi connectivity index (χ2v) is 6.44. The summed E-state index contributed by atoms with van der Waals surface area (Å²) < 4.78 is 17.9. The monoisotopic (exact) mass is 368 g/mol. The number of fused-ring (bicyclic) bond motifs is 1. The summed E-state index contributed by atoms with van der Waals surface area (Å²) in [6, 6.07) is 9.37. The van der Waals surface area contributed by atoms with E-state index in [2.05, 4.69) is 11.9 Å². The van der Waals surface area contributed by atoms with Crippen molar-refractivity contribution in [1.82, 2.24) is 9.88 Å². The smallest absolute Gasteiger partial charge is 0.268 e. The average Bonchev–Trinajstić information content (AvgIpc) is 3.24. The Morgan fingerprint density at radius 1 is 1.19 bits per heavy atom. The number of rotatable bonds is 8. The molecule has 6 nitrogen and oxygen atoms in total. The summed E-state index contributed by atoms with van der Waals surface area (Å²) in [5, 5.41) is 2.97. The standard InChI is InChI=1S/C21H24N2O4/c1-14(2)13-23-16-8-10-27-19(16)12-17(23)21(24)22-9-7-15-5-6-18(25-3)20(11-15)26-4/h5-6,8,10-12H,1,7,9,13H2,2-4H3,(H,22,24). The molecule has 0 aliphatic heterocycles. The predicted molar refractivity (Wildman–Crippen MR) is 105 cm³/mol. The van der Waals surface area contributed by atoms with Gasteiger partial charge in [0.25, 0.3) is 5.91 Å². The molecule has 3 rings (SSSR count). The molecule has 1 aromatic carbocycles. The van der Waals surface area contributed by atoms with Crippen molar-refractivity contribution in [3.8, 4) is 11.5 Å². The van der Waals surface area contributed by atoms with E-state index < -0.39 is 0 Å². The number of furan rings is 1. The minimum absolute atomic E-state index is 0.136. The van der Waals surface area contributed by atoms with E-state index in [1.54, 1.807) is 26.5 Å². The van der Waals surface area contributed by atoms with Crippen molar-refractivity contribution in [1.29, 1.82) is 0 Å². The number of aromatic nitrogens is 1. The zero-order chi connectivity index (χ0) is 19.4. The summed E-state index contributed by atoms with van der Waals surface area (Å²) in [6.07, 6.45) is 2.31. The number of hydrogen-bond acceptors (Lipinski definition) is 4. The molecule has 0 atom stereocenters. The zero-order valence-corrected chi connectivity index (χ0v) is 15.9. The van der Waals surface area contributed by atoms with Crippen LogP contribution in [0.4, 0.5) is 0 Å². The third-order valence-electron chi connectivity index (χ3n) is 4.33. The molecule has 1 amide bonds. The molecule has 142 valence electrons. The van der Waals surface area contributed by atoms with Gasteiger partial charge in [0.15, 0.2) is 17.1 Å². The number of carbonyl (C=O) groups excluding carboxylic acids is 1. The first-order chi connectivity index (χ1) is 13.0. The van der Waals surface area contributed by atoms with Gasteiger partial charge in [0.05, 0.1) is 26.0 Å². The van der Waals surface area contributed by atoms with Crippen molar-refractivity contribution in [2.75, 3.05) is 20.8 Å². The molecule has 0 saturated carbocycles. The number of methoxy groups -OCH3 is 2. The van der Waals surface area contributed by atoms with Crippen LogP contribution in [0.15, 0.2) is 53.2 Å². The molecule has 2 heterocycles. The SMILES string of the molecule is C=C(C)Cn1c(C(=O)NCCc2ccc(OC)c(OC)c2)cc2occc21. The third-order valence-corrected chi connectivity index (χ3v) is 4.33. The first-order valence-corrected chi connectivity index (χ1v) is 8.73. The van der Waals surface area contributed by atoms with E-state index in [4.69, 9.17) is 13.9 Å². The Hall–Kier alpha value is -3.15. The van der Waals surface area contributed by atoms with E-state index in [1.165, 1.54) is 0 Å². The van der Waals surface area contributed by atoms with E-state index in [0.717, 1.165) is 16.7 Å². The van der Waals surface area contributed by atoms with Crippen LogP contribution in [-0.2, 0) is 13.0 Å². The second kappa shape index (κ2) is 8.03. The molecule has 0 fully saturated rings. The minimum Gasteiger partial charge on any atom is -0.493 e. The lowest BCUT2D eigenvalue weighted by Gasteiger charge is -2.11. The first kappa shape index (κ1) is 18.6. The maximum atomic E-state index is 12.7. The topological polar surface area (TPSA) is 65.6 Å². The van der Waals surface area contributed by atoms with Gasteiger partial charge < -0.3 is 23.8 Å². The van der Waals surface area contributed by atoms with Gasteiger partial charge in [-0.1, -0.05) is 18.2 Å². The number of allylic oxidation sites excluding steroid dienone is 1. The first-order valence-electron chi connectivity index (χ1n) is 8.73. The highest BCUT2D eigenvalue weighted by Crippen LogP contribution is 2.27. The highest BCUT2D eigenvalue weighted by atomic mass is 16.5. The molecule has 0 aliphatic rings. The van der Waals surface area contributed by atoms with Gasteiger partial charge in [-0.25, -0.2) is 0 Å². The Bertz CT molecular complexity index is 968. The summed E-state index contributed by atoms with van der Waals surface area (Å²) in [5.74, 6) is 1.23. The Morgan fingerprint density at radius 2 is 1.96 bits per heavy atom. The summed E-state index contributed by atoms with van der Waals surface area (Å²) in [4.78, 5) is 12.7. The Labute approximate surface area is 158 Å². The van der Waals surface area contributed by atoms with Crippen LogP contribution in [0.1, 0.15) is 23.0 Å². The summed E-state index contributed by atoms with van der Waals surface area (Å²) in [5.41, 5.74) is 4.18. The molecule has 0 aliphatic carbocycles. The molecule has 2 aromatic heterocycles. The largest absolute Gasteiger partial charge is 0.493 e. The molecule has 0 saturated heterocycles. The van der Waals surface area contributed by atoms with Crippen molar-refractivity contribution < 1.29 is 18.7 Å². The van der Waals surface area contributed by atoms with Crippen LogP contribution in [-0.4, -0.2) is 31.2 Å². The predicted octanol–water partition coefficient (Wildman–Crippen LogP) is 3.80. The van der Waals surface area contributed by atoms with Crippen LogP contribution in [0.3, 0.4) is 0 Å². The third kappa shape index (κ3) is 4.00. The average molecular weight is 368 g/mol. The number of carbonyl (C=O) groups is 1. The Kier molecular flexibility index (Phi) is 5.54. The van der Waals surface area contributed by atoms with Crippen LogP contribution in [0.2, 0.25) is 0 Å². The van der Waals surface area contributed by atoms with Gasteiger partial charge in [0, 0.05) is 25.2 Å². The Morgan fingerprint density at radius 3 is 2.67 bits per heavy atom. The molecule has 6 heteroatoms. The molecule has 0 bridgehead atoms. The molecule has 0 radical (unpaired) electrons. The van der Waals surface area contributed by atoms with Crippen LogP contribution in [0.5, 0.6) is 11.5 Å². The van der Waals surface area contributed by atoms with E-state index in [0.29, 0.717) is 42.3 Å². The van der Waals surface area contributed by atoms with E-state index in [9.17, 15) is 4.79 Å². The minimum atomic E-state index is -0.136. The number of benzene rings is 1. The molecule has 27 heavy (non-hydrogen) atoms. The number of ether oxygens (including phenoxy) is 2. The molecular formula is C21H24N2O4. The summed E-state index contributed by atoms with van der Waals surface area (Å²) in [6.45, 7) is 6.96. The maximum absolute atomic E-state index is 12.7. The molecule has 1 N–H and O–H groups in total. The maximum Gasteiger partial charge on any atom is 0.268 e. The van der Waals surface area contributed by atoms with Gasteiger partial charge in [0.1, 0.15) is 5.69 Å². The highest BCUT2D eigenvalue weighted by molar-refractivity contribution is 5.97. The van der Waals surface area contributed by atoms with Crippen molar-refractivity contribution >= 4 is 17.0 Å². The fourth-order valence-electron chi connectivity index (χ4n) is 3.05. The highest BCUT2D eigenvalue weighted by Gasteiger charge is 2.17. The van der Waals surface area contributed by atoms with Crippen molar-refractivity contribution in [2.45, 2.75) is 19.9 Å². The number of nitrogens with one attached hydrogen (secondary N) is 1. The lowest BCUT2D eigenvalue weighted by atomic mass is 10.1. The number of amides is 1. The van der Waals surface area contributed by atoms with Gasteiger partial charge in [-0.15, -0.1) is 0 Å². The molecule has 3 aromatic rings. The van der Waals surface area contributed by atoms with Crippen LogP contribution in [0, 0.1) is 0 Å². The summed E-state index contributed by atoms with van der Waals surface area (Å²) >= 11 is 0. The van der Waals surface area contributed by atoms with Crippen LogP contribution >= 0.6 is 0 Å². The number of hydrogen-bond donors (Lipinski definition) is 1. The van der Waals surface area contributed by atoms with Crippen molar-refractivity contribution in [2.24, 2.45) is 0 Å². The molecular weight excluding hydrogens is 344 g/mol. The van der Waals surface area contributed by atoms with E-state index >= 15 is 0 Å². The molecule has 0 spiro atoms. The zero-order valence-electron chi connectivity index (χ0n) is 15.9.